The highest BCUT2D eigenvalue weighted by atomic mass is 19.1. The van der Waals surface area contributed by atoms with Gasteiger partial charge in [0.25, 0.3) is 0 Å². The second-order valence-electron chi connectivity index (χ2n) is 6.30. The minimum Gasteiger partial charge on any atom is -0.335 e. The third kappa shape index (κ3) is 4.03. The fourth-order valence-corrected chi connectivity index (χ4v) is 3.10. The molecule has 1 aliphatic heterocycles. The molecule has 4 heteroatoms. The lowest BCUT2D eigenvalue weighted by Gasteiger charge is -2.27. The Labute approximate surface area is 125 Å². The van der Waals surface area contributed by atoms with Crippen molar-refractivity contribution in [3.63, 3.8) is 0 Å². The van der Waals surface area contributed by atoms with Gasteiger partial charge in [0.15, 0.2) is 0 Å². The van der Waals surface area contributed by atoms with E-state index >= 15 is 0 Å². The molecule has 0 aromatic heterocycles. The number of hydrogen-bond donors (Lipinski definition) is 1. The van der Waals surface area contributed by atoms with Crippen LogP contribution < -0.4 is 5.32 Å². The smallest absolute Gasteiger partial charge is 0.223 e. The van der Waals surface area contributed by atoms with Crippen LogP contribution in [-0.2, 0) is 11.3 Å². The Morgan fingerprint density at radius 2 is 2.19 bits per heavy atom. The largest absolute Gasteiger partial charge is 0.335 e. The molecule has 1 saturated heterocycles. The minimum absolute atomic E-state index is 0.229. The molecule has 1 atom stereocenters. The molecule has 21 heavy (non-hydrogen) atoms. The zero-order valence-corrected chi connectivity index (χ0v) is 12.4. The van der Waals surface area contributed by atoms with Crippen LogP contribution in [0.25, 0.3) is 0 Å². The van der Waals surface area contributed by atoms with Crippen molar-refractivity contribution in [2.24, 2.45) is 5.92 Å². The Balaban J connectivity index is 1.62. The zero-order chi connectivity index (χ0) is 14.7. The fourth-order valence-electron chi connectivity index (χ4n) is 3.10. The maximum absolute atomic E-state index is 13.3. The predicted octanol–water partition coefficient (Wildman–Crippen LogP) is 2.71. The summed E-state index contributed by atoms with van der Waals surface area (Å²) < 4.78 is 13.3. The van der Waals surface area contributed by atoms with E-state index in [2.05, 4.69) is 5.32 Å². The van der Waals surface area contributed by atoms with E-state index in [1.807, 2.05) is 11.0 Å². The van der Waals surface area contributed by atoms with Crippen LogP contribution in [0, 0.1) is 11.7 Å². The van der Waals surface area contributed by atoms with Gasteiger partial charge in [0, 0.05) is 19.0 Å². The molecular formula is C17H23FN2O. The average molecular weight is 290 g/mol. The van der Waals surface area contributed by atoms with Crippen molar-refractivity contribution >= 4 is 5.91 Å². The first-order valence-corrected chi connectivity index (χ1v) is 7.97. The van der Waals surface area contributed by atoms with Gasteiger partial charge in [-0.1, -0.05) is 12.1 Å². The molecule has 2 aliphatic rings. The molecule has 0 radical (unpaired) electrons. The highest BCUT2D eigenvalue weighted by Gasteiger charge is 2.33. The van der Waals surface area contributed by atoms with Crippen molar-refractivity contribution < 1.29 is 9.18 Å². The summed E-state index contributed by atoms with van der Waals surface area (Å²) in [6, 6.07) is 6.96. The number of rotatable bonds is 5. The number of benzene rings is 1. The van der Waals surface area contributed by atoms with Gasteiger partial charge < -0.3 is 10.2 Å². The average Bonchev–Trinajstić information content (AvgIpc) is 3.30. The molecule has 1 aromatic rings. The van der Waals surface area contributed by atoms with Crippen LogP contribution in [0.15, 0.2) is 24.3 Å². The number of amides is 1. The van der Waals surface area contributed by atoms with E-state index < -0.39 is 0 Å². The summed E-state index contributed by atoms with van der Waals surface area (Å²) in [6.07, 6.45) is 5.09. The van der Waals surface area contributed by atoms with Crippen LogP contribution in [0.5, 0.6) is 0 Å². The zero-order valence-electron chi connectivity index (χ0n) is 12.4. The molecule has 2 fully saturated rings. The summed E-state index contributed by atoms with van der Waals surface area (Å²) >= 11 is 0. The van der Waals surface area contributed by atoms with E-state index in [1.165, 1.54) is 12.1 Å². The van der Waals surface area contributed by atoms with E-state index in [-0.39, 0.29) is 11.7 Å². The predicted molar refractivity (Wildman–Crippen MR) is 80.2 cm³/mol. The highest BCUT2D eigenvalue weighted by molar-refractivity contribution is 5.77. The molecule has 1 heterocycles. The van der Waals surface area contributed by atoms with Crippen LogP contribution in [0.3, 0.4) is 0 Å². The number of nitrogens with zero attached hydrogens (tertiary/aromatic N) is 1. The van der Waals surface area contributed by atoms with Crippen molar-refractivity contribution in [2.45, 2.75) is 44.7 Å². The maximum atomic E-state index is 13.3. The van der Waals surface area contributed by atoms with Gasteiger partial charge in [0.2, 0.25) is 5.91 Å². The first kappa shape index (κ1) is 14.5. The molecule has 1 saturated carbocycles. The van der Waals surface area contributed by atoms with Crippen LogP contribution >= 0.6 is 0 Å². The van der Waals surface area contributed by atoms with E-state index in [1.54, 1.807) is 6.07 Å². The minimum atomic E-state index is -0.229. The molecule has 3 rings (SSSR count). The quantitative estimate of drug-likeness (QED) is 0.904. The molecule has 114 valence electrons. The Morgan fingerprint density at radius 3 is 2.86 bits per heavy atom. The number of hydrogen-bond acceptors (Lipinski definition) is 2. The SMILES string of the molecule is O=C(CC1CCCNC1)N(Cc1cccc(F)c1)C1CC1. The molecule has 0 bridgehead atoms. The summed E-state index contributed by atoms with van der Waals surface area (Å²) in [6.45, 7) is 2.56. The van der Waals surface area contributed by atoms with Gasteiger partial charge in [0.05, 0.1) is 0 Å². The lowest BCUT2D eigenvalue weighted by atomic mass is 9.95. The van der Waals surface area contributed by atoms with Gasteiger partial charge in [-0.3, -0.25) is 4.79 Å². The van der Waals surface area contributed by atoms with Crippen LogP contribution in [0.2, 0.25) is 0 Å². The van der Waals surface area contributed by atoms with Gasteiger partial charge in [-0.05, 0) is 62.4 Å². The third-order valence-corrected chi connectivity index (χ3v) is 4.41. The topological polar surface area (TPSA) is 32.3 Å². The highest BCUT2D eigenvalue weighted by Crippen LogP contribution is 2.30. The number of carbonyl (C=O) groups excluding carboxylic acids is 1. The summed E-state index contributed by atoms with van der Waals surface area (Å²) in [5.74, 6) is 0.461. The summed E-state index contributed by atoms with van der Waals surface area (Å²) in [4.78, 5) is 14.5. The molecule has 0 spiro atoms. The van der Waals surface area contributed by atoms with Crippen molar-refractivity contribution in [3.8, 4) is 0 Å². The molecule has 1 amide bonds. The summed E-state index contributed by atoms with van der Waals surface area (Å²) in [5.41, 5.74) is 0.886. The second-order valence-corrected chi connectivity index (χ2v) is 6.30. The normalized spacial score (nSPS) is 22.0. The first-order chi connectivity index (χ1) is 10.2. The lowest BCUT2D eigenvalue weighted by Crippen LogP contribution is -2.37. The summed E-state index contributed by atoms with van der Waals surface area (Å²) in [5, 5.41) is 3.36. The van der Waals surface area contributed by atoms with Crippen LogP contribution in [0.1, 0.15) is 37.7 Å². The molecular weight excluding hydrogens is 267 g/mol. The lowest BCUT2D eigenvalue weighted by molar-refractivity contribution is -0.133. The van der Waals surface area contributed by atoms with Crippen molar-refractivity contribution in [3.05, 3.63) is 35.6 Å². The van der Waals surface area contributed by atoms with Crippen LogP contribution in [-0.4, -0.2) is 29.9 Å². The molecule has 1 aromatic carbocycles. The van der Waals surface area contributed by atoms with Gasteiger partial charge in [-0.15, -0.1) is 0 Å². The Kier molecular flexibility index (Phi) is 4.54. The van der Waals surface area contributed by atoms with Crippen molar-refractivity contribution in [2.75, 3.05) is 13.1 Å². The molecule has 1 N–H and O–H groups in total. The number of nitrogens with one attached hydrogen (secondary N) is 1. The van der Waals surface area contributed by atoms with E-state index in [0.29, 0.717) is 24.9 Å². The van der Waals surface area contributed by atoms with Gasteiger partial charge in [0.1, 0.15) is 5.82 Å². The van der Waals surface area contributed by atoms with E-state index in [9.17, 15) is 9.18 Å². The van der Waals surface area contributed by atoms with Crippen molar-refractivity contribution in [1.82, 2.24) is 10.2 Å². The number of piperidine rings is 1. The third-order valence-electron chi connectivity index (χ3n) is 4.41. The summed E-state index contributed by atoms with van der Waals surface area (Å²) in [7, 11) is 0. The Bertz CT molecular complexity index is 495. The monoisotopic (exact) mass is 290 g/mol. The molecule has 1 unspecified atom stereocenters. The number of carbonyl (C=O) groups is 1. The maximum Gasteiger partial charge on any atom is 0.223 e. The second kappa shape index (κ2) is 6.56. The Hall–Kier alpha value is -1.42. The van der Waals surface area contributed by atoms with E-state index in [4.69, 9.17) is 0 Å². The first-order valence-electron chi connectivity index (χ1n) is 7.97. The van der Waals surface area contributed by atoms with Gasteiger partial charge in [-0.2, -0.15) is 0 Å². The van der Waals surface area contributed by atoms with Crippen molar-refractivity contribution in [1.29, 1.82) is 0 Å². The molecule has 1 aliphatic carbocycles. The standard InChI is InChI=1S/C17H23FN2O/c18-15-5-1-3-14(9-15)12-20(16-6-7-16)17(21)10-13-4-2-8-19-11-13/h1,3,5,9,13,16,19H,2,4,6-8,10-12H2. The molecule has 3 nitrogen and oxygen atoms in total. The van der Waals surface area contributed by atoms with Gasteiger partial charge in [-0.25, -0.2) is 4.39 Å². The number of halogens is 1. The fraction of sp³-hybridized carbons (Fsp3) is 0.588. The Morgan fingerprint density at radius 1 is 1.33 bits per heavy atom. The van der Waals surface area contributed by atoms with Gasteiger partial charge >= 0.3 is 0 Å². The van der Waals surface area contributed by atoms with Crippen LogP contribution in [0.4, 0.5) is 4.39 Å². The van der Waals surface area contributed by atoms with E-state index in [0.717, 1.165) is 44.3 Å².